The average molecular weight is 203 g/mol. The summed E-state index contributed by atoms with van der Waals surface area (Å²) in [6.07, 6.45) is 3.21. The first-order valence-electron chi connectivity index (χ1n) is 4.63. The van der Waals surface area contributed by atoms with E-state index in [9.17, 15) is 0 Å². The van der Waals surface area contributed by atoms with Crippen LogP contribution in [0.1, 0.15) is 5.56 Å². The molecule has 0 fully saturated rings. The van der Waals surface area contributed by atoms with E-state index in [0.29, 0.717) is 13.3 Å². The minimum Gasteiger partial charge on any atom is -0.454 e. The molecule has 0 amide bonds. The molecule has 0 aliphatic carbocycles. The molecule has 1 aromatic carbocycles. The van der Waals surface area contributed by atoms with Crippen LogP contribution < -0.4 is 9.47 Å². The zero-order valence-electron chi connectivity index (χ0n) is 7.96. The van der Waals surface area contributed by atoms with E-state index in [1.54, 1.807) is 11.0 Å². The van der Waals surface area contributed by atoms with Gasteiger partial charge in [0.1, 0.15) is 12.7 Å². The summed E-state index contributed by atoms with van der Waals surface area (Å²) in [5.74, 6) is 1.60. The standard InChI is InChI=1S/C10H9N3O2/c1-2-9-10(15-7-14-9)3-8(1)4-13-6-11-5-12-13/h1-3,5-6H,4,7H2. The van der Waals surface area contributed by atoms with Crippen molar-refractivity contribution in [1.82, 2.24) is 14.8 Å². The number of fused-ring (bicyclic) bond motifs is 1. The molecule has 0 saturated heterocycles. The molecule has 0 radical (unpaired) electrons. The number of nitrogens with zero attached hydrogens (tertiary/aromatic N) is 3. The fraction of sp³-hybridized carbons (Fsp3) is 0.200. The van der Waals surface area contributed by atoms with Gasteiger partial charge < -0.3 is 9.47 Å². The van der Waals surface area contributed by atoms with Gasteiger partial charge in [0.05, 0.1) is 6.54 Å². The van der Waals surface area contributed by atoms with E-state index in [1.165, 1.54) is 6.33 Å². The third-order valence-corrected chi connectivity index (χ3v) is 2.25. The highest BCUT2D eigenvalue weighted by atomic mass is 16.7. The highest BCUT2D eigenvalue weighted by molar-refractivity contribution is 5.44. The highest BCUT2D eigenvalue weighted by Gasteiger charge is 2.13. The third kappa shape index (κ3) is 1.52. The Morgan fingerprint density at radius 1 is 1.27 bits per heavy atom. The maximum absolute atomic E-state index is 5.29. The Hall–Kier alpha value is -2.04. The lowest BCUT2D eigenvalue weighted by molar-refractivity contribution is 0.174. The van der Waals surface area contributed by atoms with Crippen molar-refractivity contribution >= 4 is 0 Å². The normalized spacial score (nSPS) is 13.1. The van der Waals surface area contributed by atoms with Crippen LogP contribution in [0, 0.1) is 0 Å². The van der Waals surface area contributed by atoms with Crippen LogP contribution in [0.2, 0.25) is 0 Å². The van der Waals surface area contributed by atoms with Crippen LogP contribution >= 0.6 is 0 Å². The largest absolute Gasteiger partial charge is 0.454 e. The summed E-state index contributed by atoms with van der Waals surface area (Å²) in [7, 11) is 0. The monoisotopic (exact) mass is 203 g/mol. The fourth-order valence-corrected chi connectivity index (χ4v) is 1.54. The second kappa shape index (κ2) is 3.27. The van der Waals surface area contributed by atoms with Gasteiger partial charge in [-0.1, -0.05) is 6.07 Å². The SMILES string of the molecule is c1ncn(Cc2ccc3c(c2)OCO3)n1. The van der Waals surface area contributed by atoms with E-state index in [4.69, 9.17) is 9.47 Å². The molecule has 1 aromatic heterocycles. The third-order valence-electron chi connectivity index (χ3n) is 2.25. The molecule has 2 aromatic rings. The molecule has 2 heterocycles. The van der Waals surface area contributed by atoms with Crippen LogP contribution in [0.3, 0.4) is 0 Å². The first kappa shape index (κ1) is 8.28. The van der Waals surface area contributed by atoms with Gasteiger partial charge in [0.15, 0.2) is 11.5 Å². The zero-order valence-corrected chi connectivity index (χ0v) is 7.96. The number of ether oxygens (including phenoxy) is 2. The Morgan fingerprint density at radius 3 is 3.07 bits per heavy atom. The number of benzene rings is 1. The molecule has 0 atom stereocenters. The van der Waals surface area contributed by atoms with E-state index >= 15 is 0 Å². The van der Waals surface area contributed by atoms with E-state index in [2.05, 4.69) is 10.1 Å². The van der Waals surface area contributed by atoms with Crippen molar-refractivity contribution in [3.05, 3.63) is 36.4 Å². The molecular formula is C10H9N3O2. The van der Waals surface area contributed by atoms with Gasteiger partial charge in [-0.3, -0.25) is 0 Å². The van der Waals surface area contributed by atoms with Crippen LogP contribution in [-0.4, -0.2) is 21.6 Å². The number of hydrogen-bond donors (Lipinski definition) is 0. The van der Waals surface area contributed by atoms with E-state index in [1.807, 2.05) is 18.2 Å². The minimum atomic E-state index is 0.308. The van der Waals surface area contributed by atoms with Crippen molar-refractivity contribution < 1.29 is 9.47 Å². The maximum Gasteiger partial charge on any atom is 0.231 e. The lowest BCUT2D eigenvalue weighted by Crippen LogP contribution is -1.99. The molecule has 0 unspecified atom stereocenters. The van der Waals surface area contributed by atoms with E-state index < -0.39 is 0 Å². The van der Waals surface area contributed by atoms with Crippen molar-refractivity contribution in [2.45, 2.75) is 6.54 Å². The van der Waals surface area contributed by atoms with Crippen molar-refractivity contribution in [3.63, 3.8) is 0 Å². The number of aromatic nitrogens is 3. The number of hydrogen-bond acceptors (Lipinski definition) is 4. The molecule has 76 valence electrons. The van der Waals surface area contributed by atoms with Crippen molar-refractivity contribution in [1.29, 1.82) is 0 Å². The Morgan fingerprint density at radius 2 is 2.20 bits per heavy atom. The lowest BCUT2D eigenvalue weighted by atomic mass is 10.2. The lowest BCUT2D eigenvalue weighted by Gasteiger charge is -2.02. The molecule has 1 aliphatic heterocycles. The first-order chi connectivity index (χ1) is 7.42. The molecule has 1 aliphatic rings. The van der Waals surface area contributed by atoms with Gasteiger partial charge in [-0.2, -0.15) is 5.10 Å². The summed E-state index contributed by atoms with van der Waals surface area (Å²) in [6.45, 7) is 0.999. The smallest absolute Gasteiger partial charge is 0.231 e. The molecule has 15 heavy (non-hydrogen) atoms. The molecule has 0 N–H and O–H groups in total. The van der Waals surface area contributed by atoms with Crippen molar-refractivity contribution in [3.8, 4) is 11.5 Å². The zero-order chi connectivity index (χ0) is 10.1. The second-order valence-corrected chi connectivity index (χ2v) is 3.28. The van der Waals surface area contributed by atoms with Gasteiger partial charge in [0.2, 0.25) is 6.79 Å². The Bertz CT molecular complexity index is 468. The van der Waals surface area contributed by atoms with Crippen molar-refractivity contribution in [2.24, 2.45) is 0 Å². The predicted molar refractivity (Wildman–Crippen MR) is 51.7 cm³/mol. The fourth-order valence-electron chi connectivity index (χ4n) is 1.54. The van der Waals surface area contributed by atoms with E-state index in [0.717, 1.165) is 17.1 Å². The molecule has 0 spiro atoms. The first-order valence-corrected chi connectivity index (χ1v) is 4.63. The summed E-state index contributed by atoms with van der Waals surface area (Å²) in [6, 6.07) is 5.87. The second-order valence-electron chi connectivity index (χ2n) is 3.28. The summed E-state index contributed by atoms with van der Waals surface area (Å²) in [5, 5.41) is 4.04. The Kier molecular flexibility index (Phi) is 1.81. The quantitative estimate of drug-likeness (QED) is 0.732. The van der Waals surface area contributed by atoms with Crippen LogP contribution in [0.25, 0.3) is 0 Å². The van der Waals surface area contributed by atoms with Gasteiger partial charge in [0.25, 0.3) is 0 Å². The van der Waals surface area contributed by atoms with Crippen LogP contribution in [0.15, 0.2) is 30.9 Å². The topological polar surface area (TPSA) is 49.2 Å². The summed E-state index contributed by atoms with van der Waals surface area (Å²) < 4.78 is 12.3. The number of rotatable bonds is 2. The van der Waals surface area contributed by atoms with Gasteiger partial charge in [-0.25, -0.2) is 9.67 Å². The summed E-state index contributed by atoms with van der Waals surface area (Å²) in [5.41, 5.74) is 1.12. The Balaban J connectivity index is 1.87. The highest BCUT2D eigenvalue weighted by Crippen LogP contribution is 2.32. The maximum atomic E-state index is 5.29. The summed E-state index contributed by atoms with van der Waals surface area (Å²) in [4.78, 5) is 3.89. The molecular weight excluding hydrogens is 194 g/mol. The molecule has 5 heteroatoms. The minimum absolute atomic E-state index is 0.308. The van der Waals surface area contributed by atoms with E-state index in [-0.39, 0.29) is 0 Å². The van der Waals surface area contributed by atoms with Gasteiger partial charge in [-0.15, -0.1) is 0 Å². The molecule has 0 saturated carbocycles. The molecule has 3 rings (SSSR count). The Labute approximate surface area is 86.3 Å². The molecule has 5 nitrogen and oxygen atoms in total. The average Bonchev–Trinajstić information content (AvgIpc) is 2.87. The van der Waals surface area contributed by atoms with Gasteiger partial charge in [-0.05, 0) is 17.7 Å². The van der Waals surface area contributed by atoms with Crippen LogP contribution in [-0.2, 0) is 6.54 Å². The molecule has 0 bridgehead atoms. The van der Waals surface area contributed by atoms with Gasteiger partial charge in [0, 0.05) is 0 Å². The van der Waals surface area contributed by atoms with Crippen molar-refractivity contribution in [2.75, 3.05) is 6.79 Å². The summed E-state index contributed by atoms with van der Waals surface area (Å²) >= 11 is 0. The van der Waals surface area contributed by atoms with Crippen LogP contribution in [0.4, 0.5) is 0 Å². The van der Waals surface area contributed by atoms with Gasteiger partial charge >= 0.3 is 0 Å². The van der Waals surface area contributed by atoms with Crippen LogP contribution in [0.5, 0.6) is 11.5 Å². The predicted octanol–water partition coefficient (Wildman–Crippen LogP) is 1.06.